The molecule has 2 aromatic carbocycles. The van der Waals surface area contributed by atoms with Crippen LogP contribution in [0.2, 0.25) is 0 Å². The minimum Gasteiger partial charge on any atom is -0.497 e. The number of aromatic nitrogens is 1. The van der Waals surface area contributed by atoms with Gasteiger partial charge in [0.05, 0.1) is 24.6 Å². The Morgan fingerprint density at radius 3 is 2.32 bits per heavy atom. The number of ketones is 1. The van der Waals surface area contributed by atoms with Crippen LogP contribution in [0.1, 0.15) is 23.2 Å². The van der Waals surface area contributed by atoms with Gasteiger partial charge in [-0.2, -0.15) is 0 Å². The number of hydrogen-bond acceptors (Lipinski definition) is 6. The fourth-order valence-corrected chi connectivity index (χ4v) is 4.61. The predicted molar refractivity (Wildman–Crippen MR) is 142 cm³/mol. The minimum atomic E-state index is -0.331. The number of methoxy groups -OCH3 is 1. The van der Waals surface area contributed by atoms with Crippen molar-refractivity contribution >= 4 is 17.4 Å². The molecule has 0 radical (unpaired) electrons. The van der Waals surface area contributed by atoms with Crippen LogP contribution in [0.5, 0.6) is 17.4 Å². The van der Waals surface area contributed by atoms with E-state index in [4.69, 9.17) is 9.47 Å². The van der Waals surface area contributed by atoms with Crippen LogP contribution in [0.3, 0.4) is 0 Å². The van der Waals surface area contributed by atoms with Crippen LogP contribution in [0.4, 0.5) is 10.1 Å². The molecule has 3 heterocycles. The molecule has 38 heavy (non-hydrogen) atoms. The minimum absolute atomic E-state index is 0.0504. The maximum Gasteiger partial charge on any atom is 0.255 e. The molecule has 0 spiro atoms. The predicted octanol–water partition coefficient (Wildman–Crippen LogP) is 5.40. The van der Waals surface area contributed by atoms with E-state index in [-0.39, 0.29) is 23.4 Å². The number of pyridine rings is 1. The van der Waals surface area contributed by atoms with E-state index in [1.165, 1.54) is 12.1 Å². The Bertz CT molecular complexity index is 1340. The fourth-order valence-electron chi connectivity index (χ4n) is 4.61. The van der Waals surface area contributed by atoms with Crippen LogP contribution in [0, 0.1) is 11.7 Å². The highest BCUT2D eigenvalue weighted by Crippen LogP contribution is 2.27. The first-order valence-electron chi connectivity index (χ1n) is 12.5. The van der Waals surface area contributed by atoms with E-state index in [2.05, 4.69) is 4.98 Å². The highest BCUT2D eigenvalue weighted by molar-refractivity contribution is 5.99. The molecule has 0 atom stereocenters. The lowest BCUT2D eigenvalue weighted by molar-refractivity contribution is -0.128. The molecule has 194 valence electrons. The molecule has 1 aromatic heterocycles. The number of amides is 1. The molecule has 1 saturated heterocycles. The summed E-state index contributed by atoms with van der Waals surface area (Å²) in [6.07, 6.45) is 8.55. The molecule has 8 heteroatoms. The molecule has 0 bridgehead atoms. The first-order chi connectivity index (χ1) is 18.5. The number of anilines is 1. The molecule has 0 aliphatic carbocycles. The van der Waals surface area contributed by atoms with Gasteiger partial charge in [-0.05, 0) is 67.4 Å². The summed E-state index contributed by atoms with van der Waals surface area (Å²) in [7, 11) is 1.60. The molecule has 7 nitrogen and oxygen atoms in total. The summed E-state index contributed by atoms with van der Waals surface area (Å²) in [4.78, 5) is 34.3. The molecule has 0 saturated carbocycles. The van der Waals surface area contributed by atoms with E-state index in [1.807, 2.05) is 34.2 Å². The lowest BCUT2D eigenvalue weighted by Gasteiger charge is -2.32. The molecule has 3 aromatic rings. The zero-order valence-electron chi connectivity index (χ0n) is 21.0. The maximum atomic E-state index is 13.2. The highest BCUT2D eigenvalue weighted by atomic mass is 19.1. The van der Waals surface area contributed by atoms with Gasteiger partial charge in [-0.3, -0.25) is 9.59 Å². The average Bonchev–Trinajstić information content (AvgIpc) is 2.98. The Kier molecular flexibility index (Phi) is 7.49. The van der Waals surface area contributed by atoms with Gasteiger partial charge in [0.15, 0.2) is 5.78 Å². The van der Waals surface area contributed by atoms with Gasteiger partial charge in [0.1, 0.15) is 17.3 Å². The van der Waals surface area contributed by atoms with Crippen molar-refractivity contribution in [3.05, 3.63) is 102 Å². The SMILES string of the molecule is COc1ccc(C(=O)C2CCN(C(=O)C3=CN(c4ccc(Oc5ccc(F)cc5)nc4)CC=C3)CC2)cc1. The van der Waals surface area contributed by atoms with Gasteiger partial charge >= 0.3 is 0 Å². The lowest BCUT2D eigenvalue weighted by atomic mass is 9.88. The third-order valence-electron chi connectivity index (χ3n) is 6.76. The summed E-state index contributed by atoms with van der Waals surface area (Å²) >= 11 is 0. The number of carbonyl (C=O) groups is 2. The van der Waals surface area contributed by atoms with E-state index in [0.717, 1.165) is 11.4 Å². The second-order valence-electron chi connectivity index (χ2n) is 9.21. The number of carbonyl (C=O) groups excluding carboxylic acids is 2. The Labute approximate surface area is 220 Å². The van der Waals surface area contributed by atoms with Crippen molar-refractivity contribution in [2.45, 2.75) is 12.8 Å². The standard InChI is InChI=1S/C30H28FN3O4/c1-37-26-9-4-21(5-10-26)29(35)22-14-17-33(18-15-22)30(36)23-3-2-16-34(20-23)25-8-13-28(32-19-25)38-27-11-6-24(31)7-12-27/h2-13,19-20,22H,14-18H2,1H3. The Morgan fingerprint density at radius 2 is 1.66 bits per heavy atom. The summed E-state index contributed by atoms with van der Waals surface area (Å²) in [5, 5.41) is 0. The number of piperidine rings is 1. The number of nitrogens with zero attached hydrogens (tertiary/aromatic N) is 3. The largest absolute Gasteiger partial charge is 0.497 e. The maximum absolute atomic E-state index is 13.2. The first-order valence-corrected chi connectivity index (χ1v) is 12.5. The summed E-state index contributed by atoms with van der Waals surface area (Å²) < 4.78 is 23.9. The summed E-state index contributed by atoms with van der Waals surface area (Å²) in [6, 6.07) is 16.5. The van der Waals surface area contributed by atoms with Gasteiger partial charge in [-0.15, -0.1) is 0 Å². The van der Waals surface area contributed by atoms with Crippen molar-refractivity contribution in [1.82, 2.24) is 9.88 Å². The summed E-state index contributed by atoms with van der Waals surface area (Å²) in [6.45, 7) is 1.68. The number of Topliss-reactive ketones (excluding diaryl/α,β-unsaturated/α-hetero) is 1. The molecule has 2 aliphatic rings. The number of benzene rings is 2. The smallest absolute Gasteiger partial charge is 0.255 e. The van der Waals surface area contributed by atoms with E-state index in [9.17, 15) is 14.0 Å². The van der Waals surface area contributed by atoms with E-state index < -0.39 is 0 Å². The molecule has 0 N–H and O–H groups in total. The molecule has 5 rings (SSSR count). The van der Waals surface area contributed by atoms with Crippen LogP contribution < -0.4 is 14.4 Å². The monoisotopic (exact) mass is 513 g/mol. The van der Waals surface area contributed by atoms with Crippen molar-refractivity contribution in [3.63, 3.8) is 0 Å². The number of halogens is 1. The summed E-state index contributed by atoms with van der Waals surface area (Å²) in [5.41, 5.74) is 2.07. The van der Waals surface area contributed by atoms with E-state index >= 15 is 0 Å². The Morgan fingerprint density at radius 1 is 0.947 bits per heavy atom. The number of ether oxygens (including phenoxy) is 2. The number of likely N-dealkylation sites (tertiary alicyclic amines) is 1. The lowest BCUT2D eigenvalue weighted by Crippen LogP contribution is -2.41. The van der Waals surface area contributed by atoms with Crippen molar-refractivity contribution in [2.24, 2.45) is 5.92 Å². The third-order valence-corrected chi connectivity index (χ3v) is 6.76. The van der Waals surface area contributed by atoms with Crippen LogP contribution in [-0.2, 0) is 4.79 Å². The van der Waals surface area contributed by atoms with Gasteiger partial charge in [-0.25, -0.2) is 9.37 Å². The molecule has 1 fully saturated rings. The molecule has 2 aliphatic heterocycles. The van der Waals surface area contributed by atoms with Crippen molar-refractivity contribution in [1.29, 1.82) is 0 Å². The van der Waals surface area contributed by atoms with Crippen molar-refractivity contribution in [2.75, 3.05) is 31.6 Å². The Hall–Kier alpha value is -4.46. The topological polar surface area (TPSA) is 72.0 Å². The van der Waals surface area contributed by atoms with Gasteiger partial charge in [0, 0.05) is 43.4 Å². The second-order valence-corrected chi connectivity index (χ2v) is 9.21. The highest BCUT2D eigenvalue weighted by Gasteiger charge is 2.29. The van der Waals surface area contributed by atoms with E-state index in [1.54, 1.807) is 55.8 Å². The quantitative estimate of drug-likeness (QED) is 0.394. The van der Waals surface area contributed by atoms with E-state index in [0.29, 0.717) is 55.2 Å². The van der Waals surface area contributed by atoms with Crippen molar-refractivity contribution in [3.8, 4) is 17.4 Å². The fraction of sp³-hybridized carbons (Fsp3) is 0.233. The third kappa shape index (κ3) is 5.75. The zero-order chi connectivity index (χ0) is 26.5. The molecular weight excluding hydrogens is 485 g/mol. The normalized spacial score (nSPS) is 15.7. The molecule has 0 unspecified atom stereocenters. The zero-order valence-corrected chi connectivity index (χ0v) is 21.0. The van der Waals surface area contributed by atoms with Crippen LogP contribution >= 0.6 is 0 Å². The van der Waals surface area contributed by atoms with Gasteiger partial charge in [0.2, 0.25) is 5.88 Å². The van der Waals surface area contributed by atoms with Crippen molar-refractivity contribution < 1.29 is 23.5 Å². The Balaban J connectivity index is 1.18. The molecule has 1 amide bonds. The van der Waals surface area contributed by atoms with Gasteiger partial charge in [-0.1, -0.05) is 12.2 Å². The average molecular weight is 514 g/mol. The van der Waals surface area contributed by atoms with Gasteiger partial charge in [0.25, 0.3) is 5.91 Å². The number of rotatable bonds is 7. The van der Waals surface area contributed by atoms with Crippen LogP contribution in [0.25, 0.3) is 0 Å². The summed E-state index contributed by atoms with van der Waals surface area (Å²) in [5.74, 6) is 1.24. The second kappa shape index (κ2) is 11.3. The number of hydrogen-bond donors (Lipinski definition) is 0. The first kappa shape index (κ1) is 25.2. The molecular formula is C30H28FN3O4. The van der Waals surface area contributed by atoms with Crippen LogP contribution in [-0.4, -0.2) is 48.3 Å². The van der Waals surface area contributed by atoms with Crippen LogP contribution in [0.15, 0.2) is 90.8 Å². The van der Waals surface area contributed by atoms with Gasteiger partial charge < -0.3 is 19.3 Å².